The second-order valence-corrected chi connectivity index (χ2v) is 2.43. The van der Waals surface area contributed by atoms with Gasteiger partial charge in [0.05, 0.1) is 5.69 Å². The van der Waals surface area contributed by atoms with E-state index in [9.17, 15) is 8.78 Å². The Morgan fingerprint density at radius 2 is 2.00 bits per heavy atom. The van der Waals surface area contributed by atoms with Crippen LogP contribution in [-0.4, -0.2) is 5.96 Å². The summed E-state index contributed by atoms with van der Waals surface area (Å²) in [5, 5.41) is 0. The molecule has 13 heavy (non-hydrogen) atoms. The molecule has 3 nitrogen and oxygen atoms in total. The molecule has 1 aromatic rings. The van der Waals surface area contributed by atoms with Gasteiger partial charge in [-0.05, 0) is 12.1 Å². The fourth-order valence-electron chi connectivity index (χ4n) is 0.879. The van der Waals surface area contributed by atoms with Gasteiger partial charge in [0.15, 0.2) is 5.96 Å². The summed E-state index contributed by atoms with van der Waals surface area (Å²) in [6.07, 6.45) is -2.51. The van der Waals surface area contributed by atoms with Crippen molar-refractivity contribution in [1.29, 1.82) is 0 Å². The lowest BCUT2D eigenvalue weighted by atomic mass is 10.2. The summed E-state index contributed by atoms with van der Waals surface area (Å²) in [4.78, 5) is 3.64. The molecule has 0 spiro atoms. The molecular formula is C8H9F2N3. The molecule has 4 N–H and O–H groups in total. The highest BCUT2D eigenvalue weighted by Crippen LogP contribution is 2.22. The first kappa shape index (κ1) is 9.44. The molecule has 0 radical (unpaired) electrons. The lowest BCUT2D eigenvalue weighted by Gasteiger charge is -2.00. The highest BCUT2D eigenvalue weighted by Gasteiger charge is 2.06. The Labute approximate surface area is 74.1 Å². The van der Waals surface area contributed by atoms with Gasteiger partial charge in [0.25, 0.3) is 6.43 Å². The first-order valence-corrected chi connectivity index (χ1v) is 3.57. The van der Waals surface area contributed by atoms with Crippen molar-refractivity contribution in [3.05, 3.63) is 29.8 Å². The number of benzene rings is 1. The molecule has 1 aromatic carbocycles. The van der Waals surface area contributed by atoms with Crippen LogP contribution in [0.5, 0.6) is 0 Å². The van der Waals surface area contributed by atoms with E-state index < -0.39 is 6.43 Å². The predicted molar refractivity (Wildman–Crippen MR) is 46.9 cm³/mol. The summed E-state index contributed by atoms with van der Waals surface area (Å²) in [7, 11) is 0. The quantitative estimate of drug-likeness (QED) is 0.542. The molecule has 0 aliphatic carbocycles. The number of guanidine groups is 1. The topological polar surface area (TPSA) is 64.4 Å². The summed E-state index contributed by atoms with van der Waals surface area (Å²) in [5.41, 5.74) is 10.4. The van der Waals surface area contributed by atoms with E-state index in [1.54, 1.807) is 6.07 Å². The number of aliphatic imine (C=N–C) groups is 1. The van der Waals surface area contributed by atoms with Crippen molar-refractivity contribution in [3.8, 4) is 0 Å². The molecule has 0 bridgehead atoms. The van der Waals surface area contributed by atoms with Crippen LogP contribution in [-0.2, 0) is 0 Å². The van der Waals surface area contributed by atoms with Crippen LogP contribution in [0, 0.1) is 0 Å². The Morgan fingerprint density at radius 3 is 2.54 bits per heavy atom. The molecule has 0 aliphatic rings. The van der Waals surface area contributed by atoms with Crippen molar-refractivity contribution in [2.75, 3.05) is 0 Å². The molecule has 0 aromatic heterocycles. The molecule has 5 heteroatoms. The minimum atomic E-state index is -2.51. The molecule has 0 fully saturated rings. The van der Waals surface area contributed by atoms with E-state index in [4.69, 9.17) is 11.5 Å². The second-order valence-electron chi connectivity index (χ2n) is 2.43. The van der Waals surface area contributed by atoms with Crippen LogP contribution in [0.25, 0.3) is 0 Å². The van der Waals surface area contributed by atoms with Crippen LogP contribution in [0.3, 0.4) is 0 Å². The van der Waals surface area contributed by atoms with Crippen LogP contribution in [0.2, 0.25) is 0 Å². The summed E-state index contributed by atoms with van der Waals surface area (Å²) in [6, 6.07) is 5.58. The molecule has 1 rings (SSSR count). The van der Waals surface area contributed by atoms with Gasteiger partial charge in [-0.1, -0.05) is 12.1 Å². The van der Waals surface area contributed by atoms with Gasteiger partial charge in [-0.3, -0.25) is 0 Å². The Bertz CT molecular complexity index is 319. The zero-order valence-electron chi connectivity index (χ0n) is 6.74. The number of alkyl halides is 2. The Balaban J connectivity index is 2.99. The highest BCUT2D eigenvalue weighted by atomic mass is 19.3. The SMILES string of the molecule is NC(N)=Nc1cccc(C(F)F)c1. The van der Waals surface area contributed by atoms with E-state index in [0.29, 0.717) is 5.69 Å². The number of hydrogen-bond donors (Lipinski definition) is 2. The molecule has 0 amide bonds. The molecule has 0 heterocycles. The fraction of sp³-hybridized carbons (Fsp3) is 0.125. The fourth-order valence-corrected chi connectivity index (χ4v) is 0.879. The van der Waals surface area contributed by atoms with E-state index in [0.717, 1.165) is 0 Å². The minimum Gasteiger partial charge on any atom is -0.370 e. The molecule has 0 saturated carbocycles. The summed E-state index contributed by atoms with van der Waals surface area (Å²) < 4.78 is 24.3. The summed E-state index contributed by atoms with van der Waals surface area (Å²) in [6.45, 7) is 0. The van der Waals surface area contributed by atoms with Crippen molar-refractivity contribution in [1.82, 2.24) is 0 Å². The van der Waals surface area contributed by atoms with Gasteiger partial charge >= 0.3 is 0 Å². The van der Waals surface area contributed by atoms with Crippen LogP contribution < -0.4 is 11.5 Å². The zero-order valence-corrected chi connectivity index (χ0v) is 6.74. The maximum Gasteiger partial charge on any atom is 0.263 e. The minimum absolute atomic E-state index is 0.0949. The predicted octanol–water partition coefficient (Wildman–Crippen LogP) is 1.53. The molecule has 0 atom stereocenters. The Morgan fingerprint density at radius 1 is 1.31 bits per heavy atom. The normalized spacial score (nSPS) is 10.1. The molecule has 70 valence electrons. The van der Waals surface area contributed by atoms with Gasteiger partial charge < -0.3 is 11.5 Å². The van der Waals surface area contributed by atoms with Gasteiger partial charge in [0.2, 0.25) is 0 Å². The number of halogens is 2. The largest absolute Gasteiger partial charge is 0.370 e. The van der Waals surface area contributed by atoms with Gasteiger partial charge in [-0.15, -0.1) is 0 Å². The van der Waals surface area contributed by atoms with E-state index in [2.05, 4.69) is 4.99 Å². The van der Waals surface area contributed by atoms with E-state index in [-0.39, 0.29) is 11.5 Å². The Kier molecular flexibility index (Phi) is 2.79. The third-order valence-corrected chi connectivity index (χ3v) is 1.38. The van der Waals surface area contributed by atoms with Crippen molar-refractivity contribution >= 4 is 11.6 Å². The standard InChI is InChI=1S/C8H9F2N3/c9-7(10)5-2-1-3-6(4-5)13-8(11)12/h1-4,7H,(H4,11,12,13). The van der Waals surface area contributed by atoms with Gasteiger partial charge in [-0.25, -0.2) is 13.8 Å². The van der Waals surface area contributed by atoms with Crippen LogP contribution in [0.1, 0.15) is 12.0 Å². The third-order valence-electron chi connectivity index (χ3n) is 1.38. The summed E-state index contributed by atoms with van der Waals surface area (Å²) in [5.74, 6) is -0.147. The second kappa shape index (κ2) is 3.84. The lowest BCUT2D eigenvalue weighted by Crippen LogP contribution is -2.21. The van der Waals surface area contributed by atoms with E-state index in [1.165, 1.54) is 18.2 Å². The number of nitrogens with two attached hydrogens (primary N) is 2. The van der Waals surface area contributed by atoms with Crippen LogP contribution in [0.15, 0.2) is 29.3 Å². The smallest absolute Gasteiger partial charge is 0.263 e. The molecule has 0 saturated heterocycles. The zero-order chi connectivity index (χ0) is 9.84. The average Bonchev–Trinajstić information content (AvgIpc) is 2.03. The first-order valence-electron chi connectivity index (χ1n) is 3.57. The van der Waals surface area contributed by atoms with E-state index in [1.807, 2.05) is 0 Å². The van der Waals surface area contributed by atoms with Crippen molar-refractivity contribution in [2.45, 2.75) is 6.43 Å². The van der Waals surface area contributed by atoms with Gasteiger partial charge in [0, 0.05) is 5.56 Å². The van der Waals surface area contributed by atoms with Gasteiger partial charge in [0.1, 0.15) is 0 Å². The van der Waals surface area contributed by atoms with Gasteiger partial charge in [-0.2, -0.15) is 0 Å². The molecule has 0 aliphatic heterocycles. The van der Waals surface area contributed by atoms with E-state index >= 15 is 0 Å². The highest BCUT2D eigenvalue weighted by molar-refractivity contribution is 5.79. The average molecular weight is 185 g/mol. The third kappa shape index (κ3) is 2.70. The number of rotatable bonds is 2. The van der Waals surface area contributed by atoms with Crippen molar-refractivity contribution < 1.29 is 8.78 Å². The number of nitrogens with zero attached hydrogens (tertiary/aromatic N) is 1. The van der Waals surface area contributed by atoms with Crippen LogP contribution in [0.4, 0.5) is 14.5 Å². The maximum absolute atomic E-state index is 12.2. The Hall–Kier alpha value is -1.65. The monoisotopic (exact) mass is 185 g/mol. The molecular weight excluding hydrogens is 176 g/mol. The van der Waals surface area contributed by atoms with Crippen LogP contribution >= 0.6 is 0 Å². The first-order chi connectivity index (χ1) is 6.09. The maximum atomic E-state index is 12.2. The molecule has 0 unspecified atom stereocenters. The summed E-state index contributed by atoms with van der Waals surface area (Å²) >= 11 is 0. The number of hydrogen-bond acceptors (Lipinski definition) is 1. The van der Waals surface area contributed by atoms with Crippen molar-refractivity contribution in [3.63, 3.8) is 0 Å². The van der Waals surface area contributed by atoms with Crippen molar-refractivity contribution in [2.24, 2.45) is 16.5 Å². The lowest BCUT2D eigenvalue weighted by molar-refractivity contribution is 0.151.